The van der Waals surface area contributed by atoms with Crippen molar-refractivity contribution in [3.63, 3.8) is 0 Å². The number of carboxylic acids is 1. The van der Waals surface area contributed by atoms with Gasteiger partial charge in [-0.15, -0.1) is 16.9 Å². The van der Waals surface area contributed by atoms with E-state index in [9.17, 15) is 34.2 Å². The van der Waals surface area contributed by atoms with Gasteiger partial charge in [0, 0.05) is 18.1 Å². The fraction of sp³-hybridized carbons (Fsp3) is 0.579. The molecule has 1 aromatic rings. The molecule has 3 atom stereocenters. The number of thioether (sulfide) groups is 2. The Morgan fingerprint density at radius 2 is 2.06 bits per heavy atom. The van der Waals surface area contributed by atoms with Crippen molar-refractivity contribution < 1.29 is 24.6 Å². The summed E-state index contributed by atoms with van der Waals surface area (Å²) >= 11 is 2.38. The Balaban J connectivity index is 1.75. The molecule has 2 aliphatic heterocycles. The first-order valence-electron chi connectivity index (χ1n) is 10.4. The number of nitrogens with one attached hydrogen (secondary N) is 2. The highest BCUT2D eigenvalue weighted by molar-refractivity contribution is 8.01. The third-order valence-corrected chi connectivity index (χ3v) is 7.70. The Kier molecular flexibility index (Phi) is 8.02. The van der Waals surface area contributed by atoms with Crippen molar-refractivity contribution in [2.75, 3.05) is 11.5 Å². The van der Waals surface area contributed by atoms with Crippen LogP contribution in [0.1, 0.15) is 33.1 Å². The Morgan fingerprint density at radius 3 is 2.70 bits per heavy atom. The zero-order valence-corrected chi connectivity index (χ0v) is 19.7. The Labute approximate surface area is 196 Å². The van der Waals surface area contributed by atoms with Gasteiger partial charge < -0.3 is 15.5 Å². The van der Waals surface area contributed by atoms with Crippen LogP contribution in [0.4, 0.5) is 0 Å². The summed E-state index contributed by atoms with van der Waals surface area (Å²) in [4.78, 5) is 61.5. The van der Waals surface area contributed by atoms with Crippen molar-refractivity contribution in [1.82, 2.24) is 25.0 Å². The van der Waals surface area contributed by atoms with E-state index in [0.29, 0.717) is 12.0 Å². The minimum Gasteiger partial charge on any atom is -0.477 e. The SMILES string of the molecule is CCCC[C@@H](O)C(=O)N[C@@H]1C(=O)N2C(C(=O)O)=C(CSc3n[nH]c(=O)c(=O)n3CC)CS[C@@H]12. The molecule has 0 bridgehead atoms. The first-order chi connectivity index (χ1) is 15.7. The van der Waals surface area contributed by atoms with Crippen LogP contribution in [0.2, 0.25) is 0 Å². The third kappa shape index (κ3) is 5.01. The van der Waals surface area contributed by atoms with Crippen LogP contribution in [-0.4, -0.2) is 76.7 Å². The molecule has 33 heavy (non-hydrogen) atoms. The molecule has 4 N–H and O–H groups in total. The smallest absolute Gasteiger partial charge is 0.352 e. The molecular weight excluding hydrogens is 474 g/mol. The van der Waals surface area contributed by atoms with Gasteiger partial charge in [-0.05, 0) is 18.9 Å². The van der Waals surface area contributed by atoms with E-state index in [4.69, 9.17) is 0 Å². The second-order valence-corrected chi connectivity index (χ2v) is 9.53. The summed E-state index contributed by atoms with van der Waals surface area (Å²) in [7, 11) is 0. The Hall–Kier alpha value is -2.58. The summed E-state index contributed by atoms with van der Waals surface area (Å²) in [6.07, 6.45) is 0.548. The average Bonchev–Trinajstić information content (AvgIpc) is 2.80. The van der Waals surface area contributed by atoms with Crippen molar-refractivity contribution in [3.8, 4) is 0 Å². The minimum absolute atomic E-state index is 0.135. The van der Waals surface area contributed by atoms with E-state index in [1.807, 2.05) is 6.92 Å². The average molecular weight is 500 g/mol. The van der Waals surface area contributed by atoms with Gasteiger partial charge >= 0.3 is 17.1 Å². The molecule has 0 radical (unpaired) electrons. The standard InChI is InChI=1S/C19H25N5O7S2/c1-3-5-6-10(25)13(26)20-11-15(28)24-12(18(30)31)9(7-32-17(11)24)8-33-19-22-21-14(27)16(29)23(19)4-2/h10-11,17,25H,3-8H2,1-2H3,(H,20,26)(H,21,27)(H,30,31)/t10-,11-,17+/m1/s1. The van der Waals surface area contributed by atoms with Gasteiger partial charge in [-0.1, -0.05) is 31.5 Å². The van der Waals surface area contributed by atoms with Gasteiger partial charge in [0.15, 0.2) is 5.16 Å². The summed E-state index contributed by atoms with van der Waals surface area (Å²) < 4.78 is 1.19. The lowest BCUT2D eigenvalue weighted by atomic mass is 10.0. The largest absolute Gasteiger partial charge is 0.477 e. The normalized spacial score (nSPS) is 20.8. The first-order valence-corrected chi connectivity index (χ1v) is 12.4. The first kappa shape index (κ1) is 25.1. The molecule has 14 heteroatoms. The highest BCUT2D eigenvalue weighted by Gasteiger charge is 2.54. The molecule has 3 rings (SSSR count). The van der Waals surface area contributed by atoms with E-state index in [-0.39, 0.29) is 35.3 Å². The molecule has 0 spiro atoms. The third-order valence-electron chi connectivity index (χ3n) is 5.30. The van der Waals surface area contributed by atoms with Crippen molar-refractivity contribution in [1.29, 1.82) is 0 Å². The number of β-lactam (4-membered cyclic amide) rings is 1. The van der Waals surface area contributed by atoms with Crippen LogP contribution in [0.5, 0.6) is 0 Å². The van der Waals surface area contributed by atoms with Crippen LogP contribution in [-0.2, 0) is 20.9 Å². The van der Waals surface area contributed by atoms with Crippen molar-refractivity contribution >= 4 is 41.3 Å². The predicted molar refractivity (Wildman–Crippen MR) is 121 cm³/mol. The molecule has 0 aliphatic carbocycles. The van der Waals surface area contributed by atoms with Crippen molar-refractivity contribution in [2.45, 2.75) is 62.3 Å². The lowest BCUT2D eigenvalue weighted by Gasteiger charge is -2.49. The summed E-state index contributed by atoms with van der Waals surface area (Å²) in [5.74, 6) is -2.06. The van der Waals surface area contributed by atoms with E-state index in [1.165, 1.54) is 16.3 Å². The van der Waals surface area contributed by atoms with E-state index >= 15 is 0 Å². The number of fused-ring (bicyclic) bond motifs is 1. The quantitative estimate of drug-likeness (QED) is 0.184. The second-order valence-electron chi connectivity index (χ2n) is 7.48. The number of rotatable bonds is 10. The molecule has 2 amide bonds. The number of carbonyl (C=O) groups excluding carboxylic acids is 2. The van der Waals surface area contributed by atoms with Crippen LogP contribution in [0, 0.1) is 0 Å². The van der Waals surface area contributed by atoms with E-state index in [1.54, 1.807) is 6.92 Å². The number of hydrogen-bond acceptors (Lipinski definition) is 9. The molecule has 0 unspecified atom stereocenters. The van der Waals surface area contributed by atoms with Gasteiger partial charge in [0.2, 0.25) is 5.91 Å². The van der Waals surface area contributed by atoms with Crippen molar-refractivity contribution in [3.05, 3.63) is 32.0 Å². The van der Waals surface area contributed by atoms with Gasteiger partial charge in [-0.25, -0.2) is 9.89 Å². The number of amides is 2. The number of carboxylic acid groups (broad SMARTS) is 1. The number of aliphatic carboxylic acids is 1. The van der Waals surface area contributed by atoms with Gasteiger partial charge in [-0.3, -0.25) is 28.6 Å². The van der Waals surface area contributed by atoms with E-state index < -0.39 is 46.4 Å². The number of nitrogens with zero attached hydrogens (tertiary/aromatic N) is 3. The van der Waals surface area contributed by atoms with Gasteiger partial charge in [0.1, 0.15) is 23.2 Å². The Bertz CT molecular complexity index is 1100. The summed E-state index contributed by atoms with van der Waals surface area (Å²) in [5.41, 5.74) is -1.30. The molecule has 2 aliphatic rings. The number of H-pyrrole nitrogens is 1. The number of carbonyl (C=O) groups is 3. The molecule has 1 aromatic heterocycles. The maximum Gasteiger partial charge on any atom is 0.352 e. The van der Waals surface area contributed by atoms with Crippen LogP contribution < -0.4 is 16.4 Å². The number of aliphatic hydroxyl groups is 1. The molecule has 180 valence electrons. The second kappa shape index (κ2) is 10.6. The number of hydrogen-bond donors (Lipinski definition) is 4. The highest BCUT2D eigenvalue weighted by atomic mass is 32.2. The van der Waals surface area contributed by atoms with Crippen LogP contribution in [0.25, 0.3) is 0 Å². The summed E-state index contributed by atoms with van der Waals surface area (Å²) in [5, 5.41) is 27.9. The zero-order chi connectivity index (χ0) is 24.3. The molecule has 1 fully saturated rings. The number of unbranched alkanes of at least 4 members (excludes halogenated alkanes) is 1. The van der Waals surface area contributed by atoms with Crippen LogP contribution in [0.15, 0.2) is 26.0 Å². The number of aromatic nitrogens is 3. The number of aliphatic hydroxyl groups excluding tert-OH is 1. The van der Waals surface area contributed by atoms with Gasteiger partial charge in [0.05, 0.1) is 0 Å². The molecular formula is C19H25N5O7S2. The topological polar surface area (TPSA) is 175 Å². The predicted octanol–water partition coefficient (Wildman–Crippen LogP) is -0.667. The van der Waals surface area contributed by atoms with Gasteiger partial charge in [-0.2, -0.15) is 0 Å². The lowest BCUT2D eigenvalue weighted by molar-refractivity contribution is -0.151. The number of aromatic amines is 1. The fourth-order valence-corrected chi connectivity index (χ4v) is 6.02. The van der Waals surface area contributed by atoms with Gasteiger partial charge in [0.25, 0.3) is 5.91 Å². The fourth-order valence-electron chi connectivity index (χ4n) is 3.53. The zero-order valence-electron chi connectivity index (χ0n) is 18.1. The van der Waals surface area contributed by atoms with Crippen LogP contribution in [0.3, 0.4) is 0 Å². The summed E-state index contributed by atoms with van der Waals surface area (Å²) in [6.45, 7) is 3.83. The highest BCUT2D eigenvalue weighted by Crippen LogP contribution is 2.41. The minimum atomic E-state index is -1.28. The maximum absolute atomic E-state index is 12.7. The molecule has 0 aromatic carbocycles. The molecule has 0 saturated carbocycles. The lowest BCUT2D eigenvalue weighted by Crippen LogP contribution is -2.71. The molecule has 1 saturated heterocycles. The van der Waals surface area contributed by atoms with Crippen molar-refractivity contribution in [2.24, 2.45) is 0 Å². The van der Waals surface area contributed by atoms with Crippen LogP contribution >= 0.6 is 23.5 Å². The van der Waals surface area contributed by atoms with E-state index in [0.717, 1.165) is 23.1 Å². The molecule has 3 heterocycles. The molecule has 12 nitrogen and oxygen atoms in total. The van der Waals surface area contributed by atoms with E-state index in [2.05, 4.69) is 15.5 Å². The summed E-state index contributed by atoms with van der Waals surface area (Å²) in [6, 6.07) is -0.909. The monoisotopic (exact) mass is 499 g/mol. The Morgan fingerprint density at radius 1 is 1.33 bits per heavy atom. The maximum atomic E-state index is 12.7.